The lowest BCUT2D eigenvalue weighted by molar-refractivity contribution is -0.144. The molecule has 20 heavy (non-hydrogen) atoms. The molecule has 1 aromatic carbocycles. The van der Waals surface area contributed by atoms with Crippen molar-refractivity contribution in [2.45, 2.75) is 51.0 Å². The molecule has 0 radical (unpaired) electrons. The summed E-state index contributed by atoms with van der Waals surface area (Å²) in [6.07, 6.45) is 6.20. The number of hydrogen-bond acceptors (Lipinski definition) is 2. The van der Waals surface area contributed by atoms with Gasteiger partial charge in [0.2, 0.25) is 0 Å². The smallest absolute Gasteiger partial charge is 0.333 e. The molecule has 0 aliphatic heterocycles. The topological polar surface area (TPSA) is 26.3 Å². The standard InChI is InChI=1S/C18H22O2/c1-12(2)18(19)20-17-11-16(13-7-3-4-8-13)14-9-5-6-10-15(14)17/h5-6,9-10,13,16-17H,1,3-4,7-8,11H2,2H3. The zero-order chi connectivity index (χ0) is 14.1. The molecule has 0 N–H and O–H groups in total. The number of ether oxygens (including phenoxy) is 1. The highest BCUT2D eigenvalue weighted by Gasteiger charge is 2.38. The van der Waals surface area contributed by atoms with Crippen LogP contribution in [-0.2, 0) is 9.53 Å². The molecule has 2 atom stereocenters. The summed E-state index contributed by atoms with van der Waals surface area (Å²) in [7, 11) is 0. The molecular weight excluding hydrogens is 248 g/mol. The maximum absolute atomic E-state index is 11.8. The summed E-state index contributed by atoms with van der Waals surface area (Å²) in [5, 5.41) is 0. The van der Waals surface area contributed by atoms with Crippen molar-refractivity contribution < 1.29 is 9.53 Å². The Kier molecular flexibility index (Phi) is 3.64. The number of carbonyl (C=O) groups excluding carboxylic acids is 1. The average Bonchev–Trinajstić information content (AvgIpc) is 3.06. The number of rotatable bonds is 3. The van der Waals surface area contributed by atoms with Gasteiger partial charge in [-0.1, -0.05) is 43.7 Å². The van der Waals surface area contributed by atoms with Crippen molar-refractivity contribution >= 4 is 5.97 Å². The molecule has 1 fully saturated rings. The molecule has 0 aromatic heterocycles. The van der Waals surface area contributed by atoms with Crippen molar-refractivity contribution in [3.05, 3.63) is 47.5 Å². The molecule has 3 rings (SSSR count). The first kappa shape index (κ1) is 13.4. The van der Waals surface area contributed by atoms with Crippen LogP contribution in [0.5, 0.6) is 0 Å². The second-order valence-corrected chi connectivity index (χ2v) is 6.19. The molecule has 0 bridgehead atoms. The fourth-order valence-electron chi connectivity index (χ4n) is 3.77. The zero-order valence-corrected chi connectivity index (χ0v) is 12.1. The zero-order valence-electron chi connectivity index (χ0n) is 12.1. The second kappa shape index (κ2) is 5.43. The van der Waals surface area contributed by atoms with E-state index in [1.807, 2.05) is 6.07 Å². The third-order valence-electron chi connectivity index (χ3n) is 4.78. The van der Waals surface area contributed by atoms with Crippen LogP contribution < -0.4 is 0 Å². The Morgan fingerprint density at radius 2 is 1.85 bits per heavy atom. The van der Waals surface area contributed by atoms with Crippen molar-refractivity contribution in [3.63, 3.8) is 0 Å². The minimum Gasteiger partial charge on any atom is -0.454 e. The molecule has 0 spiro atoms. The average molecular weight is 270 g/mol. The van der Waals surface area contributed by atoms with E-state index in [9.17, 15) is 4.79 Å². The predicted molar refractivity (Wildman–Crippen MR) is 79.4 cm³/mol. The third kappa shape index (κ3) is 2.39. The van der Waals surface area contributed by atoms with Crippen molar-refractivity contribution in [1.82, 2.24) is 0 Å². The fourth-order valence-corrected chi connectivity index (χ4v) is 3.77. The Morgan fingerprint density at radius 3 is 2.50 bits per heavy atom. The van der Waals surface area contributed by atoms with E-state index in [1.54, 1.807) is 6.92 Å². The number of esters is 1. The predicted octanol–water partition coefficient (Wildman–Crippen LogP) is 4.52. The minimum atomic E-state index is -0.267. The number of carbonyl (C=O) groups is 1. The summed E-state index contributed by atoms with van der Waals surface area (Å²) in [5.41, 5.74) is 3.09. The van der Waals surface area contributed by atoms with Gasteiger partial charge in [-0.15, -0.1) is 0 Å². The van der Waals surface area contributed by atoms with Gasteiger partial charge in [-0.05, 0) is 49.1 Å². The Balaban J connectivity index is 1.84. The van der Waals surface area contributed by atoms with Gasteiger partial charge < -0.3 is 4.74 Å². The van der Waals surface area contributed by atoms with Gasteiger partial charge in [0.05, 0.1) is 0 Å². The van der Waals surface area contributed by atoms with Crippen molar-refractivity contribution in [2.75, 3.05) is 0 Å². The summed E-state index contributed by atoms with van der Waals surface area (Å²) in [6.45, 7) is 5.38. The number of hydrogen-bond donors (Lipinski definition) is 0. The van der Waals surface area contributed by atoms with Gasteiger partial charge in [0.15, 0.2) is 0 Å². The van der Waals surface area contributed by atoms with Crippen LogP contribution >= 0.6 is 0 Å². The molecule has 2 heteroatoms. The fraction of sp³-hybridized carbons (Fsp3) is 0.500. The van der Waals surface area contributed by atoms with Gasteiger partial charge in [0, 0.05) is 5.57 Å². The lowest BCUT2D eigenvalue weighted by atomic mass is 9.86. The third-order valence-corrected chi connectivity index (χ3v) is 4.78. The van der Waals surface area contributed by atoms with Gasteiger partial charge in [0.25, 0.3) is 0 Å². The lowest BCUT2D eigenvalue weighted by Crippen LogP contribution is -2.11. The van der Waals surface area contributed by atoms with E-state index in [1.165, 1.54) is 36.8 Å². The normalized spacial score (nSPS) is 25.4. The first-order valence-electron chi connectivity index (χ1n) is 7.62. The quantitative estimate of drug-likeness (QED) is 0.596. The lowest BCUT2D eigenvalue weighted by Gasteiger charge is -2.19. The van der Waals surface area contributed by atoms with Crippen molar-refractivity contribution in [2.24, 2.45) is 5.92 Å². The molecule has 0 amide bonds. The molecule has 2 aliphatic carbocycles. The second-order valence-electron chi connectivity index (χ2n) is 6.19. The summed E-state index contributed by atoms with van der Waals surface area (Å²) < 4.78 is 5.65. The van der Waals surface area contributed by atoms with Crippen LogP contribution in [0.4, 0.5) is 0 Å². The van der Waals surface area contributed by atoms with E-state index in [0.29, 0.717) is 11.5 Å². The van der Waals surface area contributed by atoms with E-state index in [4.69, 9.17) is 4.74 Å². The summed E-state index contributed by atoms with van der Waals surface area (Å²) in [6, 6.07) is 8.47. The number of fused-ring (bicyclic) bond motifs is 1. The number of benzene rings is 1. The Hall–Kier alpha value is -1.57. The van der Waals surface area contributed by atoms with Crippen LogP contribution in [0.15, 0.2) is 36.4 Å². The Labute approximate surface area is 120 Å². The molecule has 1 aromatic rings. The molecule has 106 valence electrons. The molecule has 0 heterocycles. The highest BCUT2D eigenvalue weighted by Crippen LogP contribution is 2.50. The molecule has 0 saturated heterocycles. The molecule has 2 nitrogen and oxygen atoms in total. The largest absolute Gasteiger partial charge is 0.454 e. The molecule has 2 aliphatic rings. The van der Waals surface area contributed by atoms with E-state index in [-0.39, 0.29) is 12.1 Å². The maximum atomic E-state index is 11.8. The maximum Gasteiger partial charge on any atom is 0.333 e. The van der Waals surface area contributed by atoms with Crippen LogP contribution in [0.1, 0.15) is 62.2 Å². The van der Waals surface area contributed by atoms with Crippen LogP contribution in [0.3, 0.4) is 0 Å². The van der Waals surface area contributed by atoms with Gasteiger partial charge in [0.1, 0.15) is 6.10 Å². The van der Waals surface area contributed by atoms with Gasteiger partial charge in [-0.3, -0.25) is 0 Å². The first-order chi connectivity index (χ1) is 9.66. The molecule has 2 unspecified atom stereocenters. The van der Waals surface area contributed by atoms with E-state index in [0.717, 1.165) is 12.3 Å². The van der Waals surface area contributed by atoms with E-state index >= 15 is 0 Å². The molecular formula is C18H22O2. The SMILES string of the molecule is C=C(C)C(=O)OC1CC(C2CCCC2)c2ccccc21. The van der Waals surface area contributed by atoms with Crippen molar-refractivity contribution in [3.8, 4) is 0 Å². The highest BCUT2D eigenvalue weighted by molar-refractivity contribution is 5.87. The summed E-state index contributed by atoms with van der Waals surface area (Å²) >= 11 is 0. The Morgan fingerprint density at radius 1 is 1.20 bits per heavy atom. The van der Waals surface area contributed by atoms with Crippen LogP contribution in [-0.4, -0.2) is 5.97 Å². The van der Waals surface area contributed by atoms with Gasteiger partial charge in [-0.2, -0.15) is 0 Å². The minimum absolute atomic E-state index is 0.0824. The summed E-state index contributed by atoms with van der Waals surface area (Å²) in [5.74, 6) is 1.07. The van der Waals surface area contributed by atoms with Crippen LogP contribution in [0.25, 0.3) is 0 Å². The first-order valence-corrected chi connectivity index (χ1v) is 7.62. The summed E-state index contributed by atoms with van der Waals surface area (Å²) in [4.78, 5) is 11.8. The Bertz CT molecular complexity index is 526. The van der Waals surface area contributed by atoms with Gasteiger partial charge in [-0.25, -0.2) is 4.79 Å². The monoisotopic (exact) mass is 270 g/mol. The van der Waals surface area contributed by atoms with E-state index in [2.05, 4.69) is 24.8 Å². The van der Waals surface area contributed by atoms with Crippen LogP contribution in [0, 0.1) is 5.92 Å². The van der Waals surface area contributed by atoms with E-state index < -0.39 is 0 Å². The van der Waals surface area contributed by atoms with Crippen molar-refractivity contribution in [1.29, 1.82) is 0 Å². The van der Waals surface area contributed by atoms with Gasteiger partial charge >= 0.3 is 5.97 Å². The van der Waals surface area contributed by atoms with Crippen LogP contribution in [0.2, 0.25) is 0 Å². The molecule has 1 saturated carbocycles. The highest BCUT2D eigenvalue weighted by atomic mass is 16.5.